The van der Waals surface area contributed by atoms with Crippen LogP contribution in [0.4, 0.5) is 11.4 Å². The molecule has 2 aliphatic rings. The number of morpholine rings is 1. The Labute approximate surface area is 162 Å². The first kappa shape index (κ1) is 22.0. The maximum Gasteiger partial charge on any atom is 0.226 e. The molecular formula is C18H29Cl2N3O2. The van der Waals surface area contributed by atoms with Crippen molar-refractivity contribution in [2.24, 2.45) is 0 Å². The van der Waals surface area contributed by atoms with E-state index in [2.05, 4.69) is 10.2 Å². The molecule has 5 nitrogen and oxygen atoms in total. The van der Waals surface area contributed by atoms with Crippen molar-refractivity contribution in [3.05, 3.63) is 23.8 Å². The number of carbonyl (C=O) groups is 1. The van der Waals surface area contributed by atoms with E-state index in [9.17, 15) is 4.79 Å². The highest BCUT2D eigenvalue weighted by Gasteiger charge is 2.41. The molecule has 0 aromatic heterocycles. The Kier molecular flexibility index (Phi) is 8.48. The van der Waals surface area contributed by atoms with Gasteiger partial charge in [0.2, 0.25) is 5.91 Å². The lowest BCUT2D eigenvalue weighted by molar-refractivity contribution is -0.120. The number of carbonyl (C=O) groups excluding carboxylic acids is 1. The summed E-state index contributed by atoms with van der Waals surface area (Å²) in [5.41, 5.74) is 8.39. The number of anilines is 2. The number of nitrogens with two attached hydrogens (primary N) is 1. The van der Waals surface area contributed by atoms with Gasteiger partial charge in [-0.25, -0.2) is 0 Å². The minimum atomic E-state index is 0. The van der Waals surface area contributed by atoms with Crippen LogP contribution in [0, 0.1) is 6.92 Å². The maximum absolute atomic E-state index is 12.7. The minimum absolute atomic E-state index is 0. The average molecular weight is 390 g/mol. The second kappa shape index (κ2) is 9.62. The number of benzene rings is 1. The number of nitrogen functional groups attached to an aromatic ring is 1. The Balaban J connectivity index is 0.00000156. The predicted molar refractivity (Wildman–Crippen MR) is 107 cm³/mol. The minimum Gasteiger partial charge on any atom is -0.399 e. The summed E-state index contributed by atoms with van der Waals surface area (Å²) < 4.78 is 5.48. The Morgan fingerprint density at radius 2 is 1.88 bits per heavy atom. The Bertz CT molecular complexity index is 571. The fraction of sp³-hybridized carbons (Fsp3) is 0.611. The number of hydrogen-bond donors (Lipinski definition) is 2. The van der Waals surface area contributed by atoms with Crippen LogP contribution in [0.3, 0.4) is 0 Å². The number of amides is 1. The van der Waals surface area contributed by atoms with Crippen LogP contribution in [0.25, 0.3) is 0 Å². The summed E-state index contributed by atoms with van der Waals surface area (Å²) in [5, 5.41) is 3.06. The van der Waals surface area contributed by atoms with Crippen molar-refractivity contribution in [3.63, 3.8) is 0 Å². The lowest BCUT2D eigenvalue weighted by Crippen LogP contribution is -2.53. The molecule has 25 heavy (non-hydrogen) atoms. The zero-order chi connectivity index (χ0) is 16.3. The third-order valence-electron chi connectivity index (χ3n) is 5.24. The second-order valence-electron chi connectivity index (χ2n) is 6.83. The summed E-state index contributed by atoms with van der Waals surface area (Å²) in [7, 11) is 0. The van der Waals surface area contributed by atoms with Crippen LogP contribution in [0.2, 0.25) is 0 Å². The topological polar surface area (TPSA) is 67.6 Å². The van der Waals surface area contributed by atoms with Gasteiger partial charge in [-0.3, -0.25) is 9.69 Å². The van der Waals surface area contributed by atoms with E-state index in [0.717, 1.165) is 50.4 Å². The van der Waals surface area contributed by atoms with Crippen molar-refractivity contribution in [2.75, 3.05) is 37.4 Å². The first-order valence-corrected chi connectivity index (χ1v) is 8.58. The van der Waals surface area contributed by atoms with Crippen molar-refractivity contribution in [2.45, 2.75) is 44.6 Å². The van der Waals surface area contributed by atoms with Crippen LogP contribution >= 0.6 is 24.8 Å². The monoisotopic (exact) mass is 389 g/mol. The summed E-state index contributed by atoms with van der Waals surface area (Å²) in [5.74, 6) is 0.0899. The van der Waals surface area contributed by atoms with Crippen LogP contribution in [0.15, 0.2) is 18.2 Å². The molecule has 2 fully saturated rings. The van der Waals surface area contributed by atoms with Gasteiger partial charge in [0.25, 0.3) is 0 Å². The highest BCUT2D eigenvalue weighted by atomic mass is 35.5. The van der Waals surface area contributed by atoms with Crippen LogP contribution in [-0.2, 0) is 9.53 Å². The molecule has 7 heteroatoms. The van der Waals surface area contributed by atoms with E-state index < -0.39 is 0 Å². The predicted octanol–water partition coefficient (Wildman–Crippen LogP) is 3.39. The lowest BCUT2D eigenvalue weighted by atomic mass is 9.90. The van der Waals surface area contributed by atoms with Gasteiger partial charge in [0.15, 0.2) is 0 Å². The standard InChI is InChI=1S/C18H27N3O2.2ClH/c1-14-4-5-15(19)12-16(14)20-17(22)13-18(6-2-3-7-18)21-8-10-23-11-9-21;;/h4-5,12H,2-3,6-11,13,19H2,1H3,(H,20,22);2*1H. The average Bonchev–Trinajstić information content (AvgIpc) is 3.01. The highest BCUT2D eigenvalue weighted by Crippen LogP contribution is 2.39. The molecule has 1 amide bonds. The van der Waals surface area contributed by atoms with Crippen LogP contribution in [0.1, 0.15) is 37.7 Å². The molecule has 1 aliphatic heterocycles. The number of nitrogens with one attached hydrogen (secondary N) is 1. The zero-order valence-corrected chi connectivity index (χ0v) is 16.4. The quantitative estimate of drug-likeness (QED) is 0.774. The largest absolute Gasteiger partial charge is 0.399 e. The molecule has 3 rings (SSSR count). The van der Waals surface area contributed by atoms with E-state index in [1.807, 2.05) is 25.1 Å². The fourth-order valence-electron chi connectivity index (χ4n) is 3.94. The summed E-state index contributed by atoms with van der Waals surface area (Å²) in [4.78, 5) is 15.2. The third kappa shape index (κ3) is 5.23. The molecule has 3 N–H and O–H groups in total. The first-order chi connectivity index (χ1) is 11.1. The van der Waals surface area contributed by atoms with Crippen LogP contribution in [-0.4, -0.2) is 42.6 Å². The van der Waals surface area contributed by atoms with Gasteiger partial charge in [0.05, 0.1) is 13.2 Å². The summed E-state index contributed by atoms with van der Waals surface area (Å²) in [6.07, 6.45) is 5.19. The normalized spacial score (nSPS) is 19.6. The Morgan fingerprint density at radius 3 is 2.52 bits per heavy atom. The van der Waals surface area contributed by atoms with Crippen molar-refractivity contribution < 1.29 is 9.53 Å². The molecule has 1 saturated carbocycles. The smallest absolute Gasteiger partial charge is 0.226 e. The molecule has 1 saturated heterocycles. The van der Waals surface area contributed by atoms with E-state index in [-0.39, 0.29) is 36.3 Å². The lowest BCUT2D eigenvalue weighted by Gasteiger charge is -2.43. The van der Waals surface area contributed by atoms with Gasteiger partial charge in [-0.1, -0.05) is 18.9 Å². The van der Waals surface area contributed by atoms with E-state index in [1.165, 1.54) is 12.8 Å². The summed E-state index contributed by atoms with van der Waals surface area (Å²) in [6.45, 7) is 5.41. The number of rotatable bonds is 4. The molecule has 1 heterocycles. The summed E-state index contributed by atoms with van der Waals surface area (Å²) in [6, 6.07) is 5.64. The Hall–Kier alpha value is -1.01. The van der Waals surface area contributed by atoms with Crippen LogP contribution in [0.5, 0.6) is 0 Å². The molecule has 1 aromatic rings. The molecule has 1 aliphatic carbocycles. The van der Waals surface area contributed by atoms with E-state index in [4.69, 9.17) is 10.5 Å². The number of aryl methyl sites for hydroxylation is 1. The van der Waals surface area contributed by atoms with Crippen molar-refractivity contribution in [1.82, 2.24) is 4.90 Å². The molecule has 142 valence electrons. The van der Waals surface area contributed by atoms with Crippen molar-refractivity contribution >= 4 is 42.1 Å². The molecule has 0 atom stereocenters. The van der Waals surface area contributed by atoms with E-state index >= 15 is 0 Å². The summed E-state index contributed by atoms with van der Waals surface area (Å²) >= 11 is 0. The van der Waals surface area contributed by atoms with E-state index in [1.54, 1.807) is 0 Å². The molecule has 0 unspecified atom stereocenters. The highest BCUT2D eigenvalue weighted by molar-refractivity contribution is 5.92. The van der Waals surface area contributed by atoms with Gasteiger partial charge in [0.1, 0.15) is 0 Å². The molecule has 0 radical (unpaired) electrons. The van der Waals surface area contributed by atoms with E-state index in [0.29, 0.717) is 12.1 Å². The SMILES string of the molecule is Cc1ccc(N)cc1NC(=O)CC1(N2CCOCC2)CCCC1.Cl.Cl. The second-order valence-corrected chi connectivity index (χ2v) is 6.83. The number of halogens is 2. The van der Waals surface area contributed by atoms with Gasteiger partial charge >= 0.3 is 0 Å². The first-order valence-electron chi connectivity index (χ1n) is 8.58. The number of hydrogen-bond acceptors (Lipinski definition) is 4. The van der Waals surface area contributed by atoms with Gasteiger partial charge < -0.3 is 15.8 Å². The van der Waals surface area contributed by atoms with Crippen LogP contribution < -0.4 is 11.1 Å². The Morgan fingerprint density at radius 1 is 1.24 bits per heavy atom. The maximum atomic E-state index is 12.7. The third-order valence-corrected chi connectivity index (χ3v) is 5.24. The fourth-order valence-corrected chi connectivity index (χ4v) is 3.94. The van der Waals surface area contributed by atoms with Gasteiger partial charge in [0, 0.05) is 36.4 Å². The molecule has 0 spiro atoms. The molecule has 1 aromatic carbocycles. The van der Waals surface area contributed by atoms with Crippen molar-refractivity contribution in [3.8, 4) is 0 Å². The van der Waals surface area contributed by atoms with Gasteiger partial charge in [-0.15, -0.1) is 24.8 Å². The van der Waals surface area contributed by atoms with Gasteiger partial charge in [-0.2, -0.15) is 0 Å². The van der Waals surface area contributed by atoms with Crippen molar-refractivity contribution in [1.29, 1.82) is 0 Å². The molecular weight excluding hydrogens is 361 g/mol. The number of ether oxygens (including phenoxy) is 1. The molecule has 0 bridgehead atoms. The van der Waals surface area contributed by atoms with Gasteiger partial charge in [-0.05, 0) is 37.5 Å². The number of nitrogens with zero attached hydrogens (tertiary/aromatic N) is 1. The zero-order valence-electron chi connectivity index (χ0n) is 14.8.